The van der Waals surface area contributed by atoms with Crippen molar-refractivity contribution >= 4 is 61.5 Å². The lowest BCUT2D eigenvalue weighted by Crippen LogP contribution is -2.35. The molecule has 0 aliphatic carbocycles. The van der Waals surface area contributed by atoms with E-state index < -0.39 is 0 Å². The summed E-state index contributed by atoms with van der Waals surface area (Å²) in [6.45, 7) is 1.96. The second-order valence-corrected chi connectivity index (χ2v) is 7.60. The summed E-state index contributed by atoms with van der Waals surface area (Å²) < 4.78 is 0.912. The molecule has 1 heterocycles. The number of thiazole rings is 1. The van der Waals surface area contributed by atoms with Gasteiger partial charge < -0.3 is 16.0 Å². The van der Waals surface area contributed by atoms with Crippen molar-refractivity contribution in [2.75, 3.05) is 10.6 Å². The van der Waals surface area contributed by atoms with Crippen molar-refractivity contribution < 1.29 is 9.59 Å². The smallest absolute Gasteiger partial charge is 0.230 e. The van der Waals surface area contributed by atoms with Gasteiger partial charge in [-0.1, -0.05) is 48.6 Å². The number of aromatic nitrogens is 1. The highest BCUT2D eigenvalue weighted by Gasteiger charge is 2.10. The van der Waals surface area contributed by atoms with Gasteiger partial charge in [-0.15, -0.1) is 0 Å². The minimum atomic E-state index is -0.177. The maximum Gasteiger partial charge on any atom is 0.230 e. The lowest BCUT2D eigenvalue weighted by molar-refractivity contribution is -0.119. The first kappa shape index (κ1) is 19.9. The largest absolute Gasteiger partial charge is 0.332 e. The standard InChI is InChI=1S/C20H20N4O2S2/c1-2-6-17(25)24-20-22-15-10-9-14(12-16(15)28-20)21-19(27)23-18(26)11-13-7-4-3-5-8-13/h3-5,7-10,12H,2,6,11H2,1H3,(H,22,24,25)(H2,21,23,26,27). The number of rotatable bonds is 6. The van der Waals surface area contributed by atoms with Crippen molar-refractivity contribution in [2.24, 2.45) is 0 Å². The van der Waals surface area contributed by atoms with E-state index >= 15 is 0 Å². The van der Waals surface area contributed by atoms with Gasteiger partial charge in [-0.25, -0.2) is 4.98 Å². The Morgan fingerprint density at radius 3 is 2.61 bits per heavy atom. The third-order valence-electron chi connectivity index (χ3n) is 3.83. The molecule has 0 aliphatic rings. The van der Waals surface area contributed by atoms with Gasteiger partial charge in [-0.3, -0.25) is 9.59 Å². The second-order valence-electron chi connectivity index (χ2n) is 6.16. The summed E-state index contributed by atoms with van der Waals surface area (Å²) in [5.74, 6) is -0.217. The highest BCUT2D eigenvalue weighted by Crippen LogP contribution is 2.28. The van der Waals surface area contributed by atoms with Crippen molar-refractivity contribution in [2.45, 2.75) is 26.2 Å². The van der Waals surface area contributed by atoms with Gasteiger partial charge in [0.15, 0.2) is 10.2 Å². The quantitative estimate of drug-likeness (QED) is 0.531. The molecule has 6 nitrogen and oxygen atoms in total. The van der Waals surface area contributed by atoms with E-state index in [9.17, 15) is 9.59 Å². The van der Waals surface area contributed by atoms with Crippen LogP contribution in [0.2, 0.25) is 0 Å². The van der Waals surface area contributed by atoms with Gasteiger partial charge in [0, 0.05) is 12.1 Å². The first-order valence-corrected chi connectivity index (χ1v) is 10.1. The molecule has 0 aliphatic heterocycles. The van der Waals surface area contributed by atoms with Crippen LogP contribution in [0.4, 0.5) is 10.8 Å². The van der Waals surface area contributed by atoms with Gasteiger partial charge in [0.1, 0.15) is 0 Å². The molecule has 3 N–H and O–H groups in total. The summed E-state index contributed by atoms with van der Waals surface area (Å²) in [4.78, 5) is 28.2. The zero-order valence-electron chi connectivity index (χ0n) is 15.3. The SMILES string of the molecule is CCCC(=O)Nc1nc2ccc(NC(=S)NC(=O)Cc3ccccc3)cc2s1. The second kappa shape index (κ2) is 9.38. The average molecular weight is 413 g/mol. The first-order valence-electron chi connectivity index (χ1n) is 8.88. The molecule has 0 spiro atoms. The molecule has 0 saturated heterocycles. The van der Waals surface area contributed by atoms with Crippen LogP contribution in [0.5, 0.6) is 0 Å². The van der Waals surface area contributed by atoms with Crippen LogP contribution in [0.15, 0.2) is 48.5 Å². The maximum absolute atomic E-state index is 12.1. The molecule has 0 atom stereocenters. The fraction of sp³-hybridized carbons (Fsp3) is 0.200. The van der Waals surface area contributed by atoms with Gasteiger partial charge in [0.25, 0.3) is 0 Å². The Morgan fingerprint density at radius 1 is 1.07 bits per heavy atom. The van der Waals surface area contributed by atoms with Crippen LogP contribution in [-0.2, 0) is 16.0 Å². The Bertz CT molecular complexity index is 1000. The van der Waals surface area contributed by atoms with Crippen LogP contribution >= 0.6 is 23.6 Å². The fourth-order valence-corrected chi connectivity index (χ4v) is 3.73. The minimum Gasteiger partial charge on any atom is -0.332 e. The van der Waals surface area contributed by atoms with Crippen molar-refractivity contribution in [3.63, 3.8) is 0 Å². The molecule has 0 fully saturated rings. The van der Waals surface area contributed by atoms with Crippen LogP contribution in [0.25, 0.3) is 10.2 Å². The van der Waals surface area contributed by atoms with Gasteiger partial charge >= 0.3 is 0 Å². The number of anilines is 2. The molecule has 28 heavy (non-hydrogen) atoms. The lowest BCUT2D eigenvalue weighted by Gasteiger charge is -2.09. The zero-order chi connectivity index (χ0) is 19.9. The molecule has 2 amide bonds. The topological polar surface area (TPSA) is 83.1 Å². The Kier molecular flexibility index (Phi) is 6.67. The third kappa shape index (κ3) is 5.58. The Morgan fingerprint density at radius 2 is 1.86 bits per heavy atom. The van der Waals surface area contributed by atoms with Crippen LogP contribution in [0.1, 0.15) is 25.3 Å². The molecule has 3 rings (SSSR count). The summed E-state index contributed by atoms with van der Waals surface area (Å²) >= 11 is 6.62. The van der Waals surface area contributed by atoms with E-state index in [4.69, 9.17) is 12.2 Å². The predicted octanol–water partition coefficient (Wildman–Crippen LogP) is 4.09. The number of hydrogen-bond donors (Lipinski definition) is 3. The predicted molar refractivity (Wildman–Crippen MR) is 118 cm³/mol. The molecule has 0 saturated carbocycles. The molecule has 2 aromatic carbocycles. The van der Waals surface area contributed by atoms with Gasteiger partial charge in [-0.05, 0) is 42.4 Å². The van der Waals surface area contributed by atoms with E-state index in [1.165, 1.54) is 11.3 Å². The lowest BCUT2D eigenvalue weighted by atomic mass is 10.1. The van der Waals surface area contributed by atoms with Crippen LogP contribution < -0.4 is 16.0 Å². The van der Waals surface area contributed by atoms with E-state index in [0.717, 1.165) is 27.9 Å². The number of carbonyl (C=O) groups excluding carboxylic acids is 2. The van der Waals surface area contributed by atoms with Crippen LogP contribution in [-0.4, -0.2) is 21.9 Å². The molecule has 3 aromatic rings. The summed E-state index contributed by atoms with van der Waals surface area (Å²) in [5.41, 5.74) is 2.46. The van der Waals surface area contributed by atoms with Crippen LogP contribution in [0, 0.1) is 0 Å². The van der Waals surface area contributed by atoms with Crippen molar-refractivity contribution in [1.82, 2.24) is 10.3 Å². The maximum atomic E-state index is 12.1. The number of nitrogens with one attached hydrogen (secondary N) is 3. The van der Waals surface area contributed by atoms with Crippen molar-refractivity contribution in [3.05, 3.63) is 54.1 Å². The summed E-state index contributed by atoms with van der Waals surface area (Å²) in [6, 6.07) is 15.0. The molecule has 0 unspecified atom stereocenters. The molecule has 1 aromatic heterocycles. The van der Waals surface area contributed by atoms with E-state index in [1.807, 2.05) is 55.5 Å². The number of fused-ring (bicyclic) bond motifs is 1. The summed E-state index contributed by atoms with van der Waals surface area (Å²) in [6.07, 6.45) is 1.52. The van der Waals surface area contributed by atoms with Gasteiger partial charge in [0.2, 0.25) is 11.8 Å². The minimum absolute atomic E-state index is 0.0396. The van der Waals surface area contributed by atoms with E-state index in [2.05, 4.69) is 20.9 Å². The normalized spacial score (nSPS) is 10.5. The zero-order valence-corrected chi connectivity index (χ0v) is 17.0. The fourth-order valence-electron chi connectivity index (χ4n) is 2.58. The highest BCUT2D eigenvalue weighted by atomic mass is 32.1. The molecule has 0 bridgehead atoms. The van der Waals surface area contributed by atoms with E-state index in [-0.39, 0.29) is 23.3 Å². The monoisotopic (exact) mass is 412 g/mol. The Hall–Kier alpha value is -2.84. The van der Waals surface area contributed by atoms with E-state index in [0.29, 0.717) is 11.6 Å². The third-order valence-corrected chi connectivity index (χ3v) is 4.97. The first-order chi connectivity index (χ1) is 13.5. The van der Waals surface area contributed by atoms with Crippen LogP contribution in [0.3, 0.4) is 0 Å². The molecule has 0 radical (unpaired) electrons. The number of hydrogen-bond acceptors (Lipinski definition) is 5. The van der Waals surface area contributed by atoms with Gasteiger partial charge in [-0.2, -0.15) is 0 Å². The number of nitrogens with zero attached hydrogens (tertiary/aromatic N) is 1. The highest BCUT2D eigenvalue weighted by molar-refractivity contribution is 7.80. The Labute approximate surface area is 172 Å². The average Bonchev–Trinajstić information content (AvgIpc) is 3.03. The van der Waals surface area contributed by atoms with Crippen molar-refractivity contribution in [1.29, 1.82) is 0 Å². The van der Waals surface area contributed by atoms with E-state index in [1.54, 1.807) is 0 Å². The number of benzene rings is 2. The number of carbonyl (C=O) groups is 2. The molecular weight excluding hydrogens is 392 g/mol. The van der Waals surface area contributed by atoms with Gasteiger partial charge in [0.05, 0.1) is 16.6 Å². The van der Waals surface area contributed by atoms with Crippen molar-refractivity contribution in [3.8, 4) is 0 Å². The number of amides is 2. The number of thiocarbonyl (C=S) groups is 1. The molecule has 8 heteroatoms. The Balaban J connectivity index is 1.59. The summed E-state index contributed by atoms with van der Waals surface area (Å²) in [7, 11) is 0. The summed E-state index contributed by atoms with van der Waals surface area (Å²) in [5, 5.41) is 9.31. The molecule has 144 valence electrons. The molecular formula is C20H20N4O2S2.